The predicted octanol–water partition coefficient (Wildman–Crippen LogP) is 4.25. The van der Waals surface area contributed by atoms with Crippen LogP contribution >= 0.6 is 10.7 Å². The van der Waals surface area contributed by atoms with Gasteiger partial charge < -0.3 is 9.84 Å². The Morgan fingerprint density at radius 1 is 1.19 bits per heavy atom. The summed E-state index contributed by atoms with van der Waals surface area (Å²) in [6.07, 6.45) is 5.54. The molecule has 0 amide bonds. The topological polar surface area (TPSA) is 63.0 Å². The van der Waals surface area contributed by atoms with Gasteiger partial charge in [-0.3, -0.25) is 4.72 Å². The van der Waals surface area contributed by atoms with Gasteiger partial charge in [-0.2, -0.15) is 4.98 Å². The second-order valence-electron chi connectivity index (χ2n) is 6.84. The largest absolute Gasteiger partial charge is 0.335 e. The molecule has 0 saturated heterocycles. The van der Waals surface area contributed by atoms with Crippen LogP contribution in [0.5, 0.6) is 0 Å². The first-order chi connectivity index (χ1) is 12.8. The highest BCUT2D eigenvalue weighted by Gasteiger charge is 2.22. The molecule has 3 rings (SSSR count). The van der Waals surface area contributed by atoms with Gasteiger partial charge in [-0.1, -0.05) is 47.8 Å². The van der Waals surface area contributed by atoms with Crippen molar-refractivity contribution in [2.45, 2.75) is 52.0 Å². The zero-order chi connectivity index (χ0) is 18.2. The van der Waals surface area contributed by atoms with Crippen LogP contribution in [-0.4, -0.2) is 33.8 Å². The Balaban J connectivity index is 1.42. The molecule has 1 unspecified atom stereocenters. The van der Waals surface area contributed by atoms with Crippen LogP contribution in [0.25, 0.3) is 0 Å². The van der Waals surface area contributed by atoms with Gasteiger partial charge in [0, 0.05) is 19.0 Å². The molecule has 1 aromatic heterocycles. The molecule has 142 valence electrons. The van der Waals surface area contributed by atoms with Gasteiger partial charge in [0.1, 0.15) is 0 Å². The Morgan fingerprint density at radius 3 is 2.65 bits per heavy atom. The molecule has 0 radical (unpaired) electrons. The second-order valence-corrected chi connectivity index (χ2v) is 9.04. The van der Waals surface area contributed by atoms with E-state index in [1.807, 2.05) is 18.2 Å². The SMILES string of the molecule is C/C=S(\CC)NCC1CCC(Nc2nc(Cc3ccccc3)no2)CC1. The molecule has 1 aromatic carbocycles. The van der Waals surface area contributed by atoms with Crippen molar-refractivity contribution in [2.75, 3.05) is 17.6 Å². The minimum absolute atomic E-state index is 0.281. The van der Waals surface area contributed by atoms with Gasteiger partial charge in [0.25, 0.3) is 0 Å². The van der Waals surface area contributed by atoms with E-state index in [9.17, 15) is 0 Å². The van der Waals surface area contributed by atoms with Crippen LogP contribution in [0.1, 0.15) is 50.9 Å². The van der Waals surface area contributed by atoms with Crippen molar-refractivity contribution < 1.29 is 4.52 Å². The molecule has 1 heterocycles. The predicted molar refractivity (Wildman–Crippen MR) is 111 cm³/mol. The Morgan fingerprint density at radius 2 is 1.96 bits per heavy atom. The highest BCUT2D eigenvalue weighted by molar-refractivity contribution is 8.13. The van der Waals surface area contributed by atoms with Crippen LogP contribution in [0.2, 0.25) is 0 Å². The maximum absolute atomic E-state index is 5.39. The van der Waals surface area contributed by atoms with Crippen LogP contribution in [0.4, 0.5) is 6.01 Å². The molecule has 1 aliphatic carbocycles. The Labute approximate surface area is 159 Å². The lowest BCUT2D eigenvalue weighted by Gasteiger charge is -2.29. The van der Waals surface area contributed by atoms with E-state index < -0.39 is 0 Å². The molecule has 26 heavy (non-hydrogen) atoms. The minimum Gasteiger partial charge on any atom is -0.335 e. The van der Waals surface area contributed by atoms with Crippen molar-refractivity contribution in [3.63, 3.8) is 0 Å². The number of anilines is 1. The van der Waals surface area contributed by atoms with E-state index >= 15 is 0 Å². The molecular weight excluding hydrogens is 344 g/mol. The van der Waals surface area contributed by atoms with Gasteiger partial charge in [0.15, 0.2) is 5.82 Å². The lowest BCUT2D eigenvalue weighted by atomic mass is 9.86. The number of hydrogen-bond acceptors (Lipinski definition) is 5. The van der Waals surface area contributed by atoms with Gasteiger partial charge in [0.05, 0.1) is 0 Å². The first kappa shape index (κ1) is 19.1. The van der Waals surface area contributed by atoms with Crippen molar-refractivity contribution in [3.05, 3.63) is 41.7 Å². The molecule has 2 N–H and O–H groups in total. The first-order valence-electron chi connectivity index (χ1n) is 9.62. The van der Waals surface area contributed by atoms with E-state index in [1.54, 1.807) is 0 Å². The number of nitrogens with zero attached hydrogens (tertiary/aromatic N) is 2. The molecule has 1 aliphatic rings. The summed E-state index contributed by atoms with van der Waals surface area (Å²) in [6, 6.07) is 11.2. The first-order valence-corrected chi connectivity index (χ1v) is 11.1. The van der Waals surface area contributed by atoms with Crippen LogP contribution in [0, 0.1) is 5.92 Å². The molecular formula is C20H30N4OS. The van der Waals surface area contributed by atoms with Crippen LogP contribution in [-0.2, 0) is 6.42 Å². The van der Waals surface area contributed by atoms with E-state index in [-0.39, 0.29) is 10.7 Å². The Bertz CT molecular complexity index is 693. The molecule has 0 spiro atoms. The number of aromatic nitrogens is 2. The van der Waals surface area contributed by atoms with Crippen LogP contribution in [0.15, 0.2) is 34.9 Å². The fourth-order valence-corrected chi connectivity index (χ4v) is 4.58. The van der Waals surface area contributed by atoms with E-state index in [0.717, 1.165) is 18.3 Å². The van der Waals surface area contributed by atoms with E-state index in [2.05, 4.69) is 51.5 Å². The Hall–Kier alpha value is -1.66. The molecule has 1 fully saturated rings. The Kier molecular flexibility index (Phi) is 7.26. The smallest absolute Gasteiger partial charge is 0.321 e. The molecule has 6 heteroatoms. The van der Waals surface area contributed by atoms with Crippen molar-refractivity contribution >= 4 is 22.1 Å². The summed E-state index contributed by atoms with van der Waals surface area (Å²) in [5.74, 6) is 2.71. The molecule has 0 aliphatic heterocycles. The second kappa shape index (κ2) is 9.88. The van der Waals surface area contributed by atoms with Crippen molar-refractivity contribution in [2.24, 2.45) is 5.92 Å². The summed E-state index contributed by atoms with van der Waals surface area (Å²) in [6.45, 7) is 5.53. The average molecular weight is 375 g/mol. The standard InChI is InChI=1S/C20H30N4OS/c1-3-26(4-2)21-15-17-10-12-18(13-11-17)22-20-23-19(24-25-20)14-16-8-6-5-7-9-16/h3,5-9,17-18,21H,4,10-15H2,1-2H3,(H,22,23,24). The normalized spacial score (nSPS) is 21.6. The summed E-state index contributed by atoms with van der Waals surface area (Å²) < 4.78 is 9.08. The molecule has 2 aromatic rings. The fourth-order valence-electron chi connectivity index (χ4n) is 3.43. The van der Waals surface area contributed by atoms with Crippen LogP contribution in [0.3, 0.4) is 0 Å². The zero-order valence-electron chi connectivity index (χ0n) is 15.8. The molecule has 1 atom stereocenters. The maximum atomic E-state index is 5.39. The summed E-state index contributed by atoms with van der Waals surface area (Å²) in [4.78, 5) is 4.50. The lowest BCUT2D eigenvalue weighted by Crippen LogP contribution is -2.30. The monoisotopic (exact) mass is 374 g/mol. The van der Waals surface area contributed by atoms with Crippen molar-refractivity contribution in [1.82, 2.24) is 14.9 Å². The maximum Gasteiger partial charge on any atom is 0.321 e. The highest BCUT2D eigenvalue weighted by atomic mass is 32.2. The number of benzene rings is 1. The van der Waals surface area contributed by atoms with Gasteiger partial charge in [-0.05, 0) is 49.8 Å². The average Bonchev–Trinajstić information content (AvgIpc) is 3.11. The third-order valence-corrected chi connectivity index (χ3v) is 6.73. The van der Waals surface area contributed by atoms with Crippen molar-refractivity contribution in [1.29, 1.82) is 0 Å². The van der Waals surface area contributed by atoms with E-state index in [0.29, 0.717) is 18.5 Å². The summed E-state index contributed by atoms with van der Waals surface area (Å²) in [5.41, 5.74) is 1.20. The zero-order valence-corrected chi connectivity index (χ0v) is 16.6. The number of rotatable bonds is 8. The summed E-state index contributed by atoms with van der Waals surface area (Å²) >= 11 is 0. The molecule has 5 nitrogen and oxygen atoms in total. The molecule has 1 saturated carbocycles. The third-order valence-electron chi connectivity index (χ3n) is 5.00. The van der Waals surface area contributed by atoms with Gasteiger partial charge in [-0.25, -0.2) is 0 Å². The molecule has 0 bridgehead atoms. The van der Waals surface area contributed by atoms with E-state index in [4.69, 9.17) is 4.52 Å². The van der Waals surface area contributed by atoms with Crippen LogP contribution < -0.4 is 10.0 Å². The number of hydrogen-bond donors (Lipinski definition) is 2. The van der Waals surface area contributed by atoms with E-state index in [1.165, 1.54) is 37.0 Å². The van der Waals surface area contributed by atoms with Gasteiger partial charge in [-0.15, -0.1) is 10.7 Å². The fraction of sp³-hybridized carbons (Fsp3) is 0.550. The van der Waals surface area contributed by atoms with Crippen molar-refractivity contribution in [3.8, 4) is 0 Å². The third kappa shape index (κ3) is 5.68. The lowest BCUT2D eigenvalue weighted by molar-refractivity contribution is 0.331. The highest BCUT2D eigenvalue weighted by Crippen LogP contribution is 2.26. The van der Waals surface area contributed by atoms with Gasteiger partial charge in [0.2, 0.25) is 0 Å². The summed E-state index contributed by atoms with van der Waals surface area (Å²) in [5, 5.41) is 9.82. The quantitative estimate of drug-likeness (QED) is 0.677. The minimum atomic E-state index is 0.281. The van der Waals surface area contributed by atoms with Gasteiger partial charge >= 0.3 is 6.01 Å². The summed E-state index contributed by atoms with van der Waals surface area (Å²) in [7, 11) is 0.281. The number of nitrogens with one attached hydrogen (secondary N) is 2.